The number of thioether (sulfide) groups is 1. The number of aromatic nitrogens is 2. The van der Waals surface area contributed by atoms with Gasteiger partial charge in [-0.1, -0.05) is 23.9 Å². The van der Waals surface area contributed by atoms with Crippen LogP contribution in [0.4, 0.5) is 0 Å². The van der Waals surface area contributed by atoms with Gasteiger partial charge in [0.15, 0.2) is 5.16 Å². The Morgan fingerprint density at radius 3 is 3.00 bits per heavy atom. The number of aliphatic hydroxyl groups excluding tert-OH is 2. The van der Waals surface area contributed by atoms with Crippen LogP contribution in [-0.2, 0) is 0 Å². The molecule has 4 nitrogen and oxygen atoms in total. The summed E-state index contributed by atoms with van der Waals surface area (Å²) < 4.78 is 1.97. The second-order valence-electron chi connectivity index (χ2n) is 4.07. The summed E-state index contributed by atoms with van der Waals surface area (Å²) in [6.45, 7) is 1.82. The van der Waals surface area contributed by atoms with Crippen molar-refractivity contribution in [1.29, 1.82) is 0 Å². The molecule has 96 valence electrons. The molecule has 1 aromatic heterocycles. The van der Waals surface area contributed by atoms with Gasteiger partial charge in [-0.3, -0.25) is 4.57 Å². The van der Waals surface area contributed by atoms with Crippen molar-refractivity contribution in [2.75, 3.05) is 12.4 Å². The number of hydrogen-bond donors (Lipinski definition) is 2. The first kappa shape index (κ1) is 13.1. The van der Waals surface area contributed by atoms with Crippen LogP contribution in [0.2, 0.25) is 0 Å². The van der Waals surface area contributed by atoms with E-state index in [0.717, 1.165) is 10.8 Å². The van der Waals surface area contributed by atoms with Gasteiger partial charge in [-0.05, 0) is 24.6 Å². The molecular weight excluding hydrogens is 248 g/mol. The highest BCUT2D eigenvalue weighted by atomic mass is 32.2. The van der Waals surface area contributed by atoms with E-state index in [1.807, 2.05) is 35.9 Å². The summed E-state index contributed by atoms with van der Waals surface area (Å²) in [4.78, 5) is 4.26. The highest BCUT2D eigenvalue weighted by Crippen LogP contribution is 2.21. The average Bonchev–Trinajstić information content (AvgIpc) is 2.84. The first-order valence-electron chi connectivity index (χ1n) is 5.73. The van der Waals surface area contributed by atoms with E-state index in [9.17, 15) is 5.11 Å². The summed E-state index contributed by atoms with van der Waals surface area (Å²) >= 11 is 1.43. The van der Waals surface area contributed by atoms with E-state index in [2.05, 4.69) is 11.1 Å². The zero-order valence-electron chi connectivity index (χ0n) is 10.2. The minimum Gasteiger partial charge on any atom is -0.394 e. The fourth-order valence-electron chi connectivity index (χ4n) is 1.59. The summed E-state index contributed by atoms with van der Waals surface area (Å²) in [5.41, 5.74) is 2.24. The Kier molecular flexibility index (Phi) is 4.41. The van der Waals surface area contributed by atoms with Gasteiger partial charge >= 0.3 is 0 Å². The lowest BCUT2D eigenvalue weighted by molar-refractivity contribution is 0.113. The summed E-state index contributed by atoms with van der Waals surface area (Å²) in [6.07, 6.45) is 2.91. The molecule has 0 bridgehead atoms. The van der Waals surface area contributed by atoms with Crippen LogP contribution < -0.4 is 0 Å². The van der Waals surface area contributed by atoms with E-state index in [1.54, 1.807) is 6.20 Å². The molecule has 2 N–H and O–H groups in total. The molecule has 0 spiro atoms. The van der Waals surface area contributed by atoms with Gasteiger partial charge in [0.1, 0.15) is 0 Å². The molecule has 2 aromatic rings. The van der Waals surface area contributed by atoms with Gasteiger partial charge in [0.25, 0.3) is 0 Å². The minimum absolute atomic E-state index is 0.224. The van der Waals surface area contributed by atoms with Gasteiger partial charge in [0, 0.05) is 23.8 Å². The molecule has 1 heterocycles. The van der Waals surface area contributed by atoms with E-state index in [0.29, 0.717) is 5.75 Å². The third-order valence-electron chi connectivity index (χ3n) is 2.50. The van der Waals surface area contributed by atoms with Crippen molar-refractivity contribution in [3.63, 3.8) is 0 Å². The molecule has 0 aliphatic carbocycles. The molecule has 0 aliphatic rings. The second kappa shape index (κ2) is 6.04. The summed E-state index contributed by atoms with van der Waals surface area (Å²) in [7, 11) is 0. The van der Waals surface area contributed by atoms with Crippen molar-refractivity contribution in [3.8, 4) is 5.69 Å². The largest absolute Gasteiger partial charge is 0.394 e. The fourth-order valence-corrected chi connectivity index (χ4v) is 2.48. The van der Waals surface area contributed by atoms with Gasteiger partial charge in [-0.15, -0.1) is 0 Å². The van der Waals surface area contributed by atoms with Crippen LogP contribution in [0.3, 0.4) is 0 Å². The third-order valence-corrected chi connectivity index (χ3v) is 3.61. The highest BCUT2D eigenvalue weighted by molar-refractivity contribution is 7.99. The Morgan fingerprint density at radius 2 is 2.28 bits per heavy atom. The van der Waals surface area contributed by atoms with Gasteiger partial charge in [0.2, 0.25) is 0 Å². The number of hydrogen-bond acceptors (Lipinski definition) is 4. The van der Waals surface area contributed by atoms with Gasteiger partial charge in [0.05, 0.1) is 12.7 Å². The molecule has 0 fully saturated rings. The molecule has 0 saturated heterocycles. The number of rotatable bonds is 5. The molecule has 5 heteroatoms. The fraction of sp³-hybridized carbons (Fsp3) is 0.308. The van der Waals surface area contributed by atoms with Crippen LogP contribution in [0.5, 0.6) is 0 Å². The molecule has 18 heavy (non-hydrogen) atoms. The van der Waals surface area contributed by atoms with Crippen molar-refractivity contribution < 1.29 is 10.2 Å². The summed E-state index contributed by atoms with van der Waals surface area (Å²) in [6, 6.07) is 8.14. The van der Waals surface area contributed by atoms with Crippen molar-refractivity contribution in [3.05, 3.63) is 42.2 Å². The normalized spacial score (nSPS) is 12.6. The van der Waals surface area contributed by atoms with Crippen molar-refractivity contribution in [1.82, 2.24) is 9.55 Å². The maximum Gasteiger partial charge on any atom is 0.172 e. The lowest BCUT2D eigenvalue weighted by Gasteiger charge is -2.09. The summed E-state index contributed by atoms with van der Waals surface area (Å²) in [5.74, 6) is 0.430. The van der Waals surface area contributed by atoms with Crippen LogP contribution in [0, 0.1) is 6.92 Å². The van der Waals surface area contributed by atoms with Gasteiger partial charge in [-0.25, -0.2) is 4.98 Å². The van der Waals surface area contributed by atoms with Crippen LogP contribution in [0.15, 0.2) is 41.8 Å². The predicted molar refractivity (Wildman–Crippen MR) is 72.1 cm³/mol. The summed E-state index contributed by atoms with van der Waals surface area (Å²) in [5, 5.41) is 19.0. The zero-order valence-corrected chi connectivity index (χ0v) is 11.0. The van der Waals surface area contributed by atoms with E-state index in [-0.39, 0.29) is 6.61 Å². The quantitative estimate of drug-likeness (QED) is 0.806. The molecule has 0 aliphatic heterocycles. The van der Waals surface area contributed by atoms with Crippen LogP contribution in [0.25, 0.3) is 5.69 Å². The molecule has 1 atom stereocenters. The Balaban J connectivity index is 2.17. The second-order valence-corrected chi connectivity index (χ2v) is 5.05. The van der Waals surface area contributed by atoms with Gasteiger partial charge < -0.3 is 10.2 Å². The van der Waals surface area contributed by atoms with Crippen molar-refractivity contribution >= 4 is 11.8 Å². The van der Waals surface area contributed by atoms with E-state index in [1.165, 1.54) is 17.3 Å². The van der Waals surface area contributed by atoms with Crippen molar-refractivity contribution in [2.45, 2.75) is 18.2 Å². The molecule has 2 rings (SSSR count). The third kappa shape index (κ3) is 3.13. The van der Waals surface area contributed by atoms with Crippen molar-refractivity contribution in [2.24, 2.45) is 0 Å². The maximum absolute atomic E-state index is 9.35. The molecule has 0 radical (unpaired) electrons. The lowest BCUT2D eigenvalue weighted by Crippen LogP contribution is -2.15. The van der Waals surface area contributed by atoms with E-state index < -0.39 is 6.10 Å². The van der Waals surface area contributed by atoms with E-state index in [4.69, 9.17) is 5.11 Å². The molecule has 0 saturated carbocycles. The predicted octanol–water partition coefficient (Wildman–Crippen LogP) is 1.63. The molecular formula is C13H16N2O2S. The molecule has 1 unspecified atom stereocenters. The molecule has 0 amide bonds. The number of aliphatic hydroxyl groups is 2. The smallest absolute Gasteiger partial charge is 0.172 e. The number of benzene rings is 1. The van der Waals surface area contributed by atoms with Crippen LogP contribution >= 0.6 is 11.8 Å². The van der Waals surface area contributed by atoms with Crippen LogP contribution in [0.1, 0.15) is 5.56 Å². The van der Waals surface area contributed by atoms with E-state index >= 15 is 0 Å². The Labute approximate surface area is 110 Å². The molecule has 1 aromatic carbocycles. The number of nitrogens with zero attached hydrogens (tertiary/aromatic N) is 2. The lowest BCUT2D eigenvalue weighted by atomic mass is 10.2. The topological polar surface area (TPSA) is 58.3 Å². The Bertz CT molecular complexity index is 513. The highest BCUT2D eigenvalue weighted by Gasteiger charge is 2.09. The standard InChI is InChI=1S/C13H16N2O2S/c1-10-3-2-4-11(7-10)15-6-5-14-13(15)18-9-12(17)8-16/h2-7,12,16-17H,8-9H2,1H3. The zero-order chi connectivity index (χ0) is 13.0. The number of imidazole rings is 1. The Morgan fingerprint density at radius 1 is 1.44 bits per heavy atom. The maximum atomic E-state index is 9.35. The monoisotopic (exact) mass is 264 g/mol. The first-order chi connectivity index (χ1) is 8.70. The SMILES string of the molecule is Cc1cccc(-n2ccnc2SCC(O)CO)c1. The first-order valence-corrected chi connectivity index (χ1v) is 6.71. The number of aryl methyl sites for hydroxylation is 1. The van der Waals surface area contributed by atoms with Gasteiger partial charge in [-0.2, -0.15) is 0 Å². The Hall–Kier alpha value is -1.30. The minimum atomic E-state index is -0.711. The average molecular weight is 264 g/mol. The van der Waals surface area contributed by atoms with Crippen LogP contribution in [-0.4, -0.2) is 38.2 Å².